The van der Waals surface area contributed by atoms with Crippen LogP contribution in [0.1, 0.15) is 49.1 Å². The summed E-state index contributed by atoms with van der Waals surface area (Å²) in [6.07, 6.45) is -3.98. The van der Waals surface area contributed by atoms with Gasteiger partial charge in [-0.25, -0.2) is 4.98 Å². The topological polar surface area (TPSA) is 152 Å². The number of hydrogen-bond acceptors (Lipinski definition) is 10. The first-order chi connectivity index (χ1) is 19.1. The van der Waals surface area contributed by atoms with Crippen LogP contribution >= 0.6 is 0 Å². The number of carbonyl (C=O) groups excluding carboxylic acids is 1. The molecule has 1 saturated heterocycles. The van der Waals surface area contributed by atoms with Crippen molar-refractivity contribution in [2.45, 2.75) is 58.1 Å². The third kappa shape index (κ3) is 6.95. The fourth-order valence-corrected chi connectivity index (χ4v) is 4.52. The van der Waals surface area contributed by atoms with Gasteiger partial charge in [-0.05, 0) is 11.6 Å². The van der Waals surface area contributed by atoms with Crippen LogP contribution in [0, 0.1) is 10.1 Å². The number of non-ortho nitro benzene ring substituents is 1. The van der Waals surface area contributed by atoms with Gasteiger partial charge in [0.05, 0.1) is 35.9 Å². The highest BCUT2D eigenvalue weighted by Crippen LogP contribution is 2.35. The number of carbonyl (C=O) groups is 1. The van der Waals surface area contributed by atoms with Crippen LogP contribution < -0.4 is 10.6 Å². The summed E-state index contributed by atoms with van der Waals surface area (Å²) in [7, 11) is 1.48. The van der Waals surface area contributed by atoms with E-state index in [0.717, 1.165) is 12.1 Å². The SMILES string of the molecule is CC.COC1(C(=O)N2Cc3nc(NCCO)nc(NCc4cc([N+](=O)[O-])cc(C(F)(F)F)c4)c3C2)CCOCC1. The van der Waals surface area contributed by atoms with Crippen LogP contribution in [0.25, 0.3) is 0 Å². The maximum Gasteiger partial charge on any atom is 0.416 e. The van der Waals surface area contributed by atoms with E-state index in [1.54, 1.807) is 4.90 Å². The number of nitrogens with zero attached hydrogens (tertiary/aromatic N) is 4. The number of halogens is 3. The molecule has 0 saturated carbocycles. The second-order valence-electron chi connectivity index (χ2n) is 8.94. The van der Waals surface area contributed by atoms with E-state index in [0.29, 0.717) is 43.4 Å². The number of alkyl halides is 3. The number of hydrogen-bond donors (Lipinski definition) is 3. The molecule has 3 heterocycles. The van der Waals surface area contributed by atoms with Crippen molar-refractivity contribution >= 4 is 23.4 Å². The van der Waals surface area contributed by atoms with Gasteiger partial charge in [-0.2, -0.15) is 18.2 Å². The van der Waals surface area contributed by atoms with Crippen LogP contribution in [0.2, 0.25) is 0 Å². The highest BCUT2D eigenvalue weighted by molar-refractivity contribution is 5.86. The Labute approximate surface area is 229 Å². The maximum absolute atomic E-state index is 13.5. The van der Waals surface area contributed by atoms with Crippen LogP contribution in [0.5, 0.6) is 0 Å². The molecule has 12 nitrogen and oxygen atoms in total. The van der Waals surface area contributed by atoms with Gasteiger partial charge in [-0.15, -0.1) is 0 Å². The monoisotopic (exact) mass is 570 g/mol. The molecule has 40 heavy (non-hydrogen) atoms. The van der Waals surface area contributed by atoms with Gasteiger partial charge in [0.15, 0.2) is 5.60 Å². The largest absolute Gasteiger partial charge is 0.416 e. The van der Waals surface area contributed by atoms with Gasteiger partial charge in [-0.3, -0.25) is 14.9 Å². The number of aromatic nitrogens is 2. The molecule has 2 aliphatic rings. The van der Waals surface area contributed by atoms with E-state index < -0.39 is 28.0 Å². The van der Waals surface area contributed by atoms with E-state index >= 15 is 0 Å². The number of nitro groups is 1. The lowest BCUT2D eigenvalue weighted by molar-refractivity contribution is -0.385. The number of aliphatic hydroxyl groups excluding tert-OH is 1. The van der Waals surface area contributed by atoms with Crippen molar-refractivity contribution in [3.63, 3.8) is 0 Å². The summed E-state index contributed by atoms with van der Waals surface area (Å²) in [5.74, 6) is 0.173. The predicted molar refractivity (Wildman–Crippen MR) is 138 cm³/mol. The Morgan fingerprint density at radius 3 is 2.50 bits per heavy atom. The van der Waals surface area contributed by atoms with Crippen LogP contribution in [-0.2, 0) is 40.1 Å². The molecule has 1 aromatic heterocycles. The Balaban J connectivity index is 0.00000216. The van der Waals surface area contributed by atoms with Gasteiger partial charge in [-0.1, -0.05) is 13.8 Å². The van der Waals surface area contributed by atoms with Crippen LogP contribution in [0.15, 0.2) is 18.2 Å². The molecular weight excluding hydrogens is 537 g/mol. The Kier molecular flexibility index (Phi) is 10.2. The van der Waals surface area contributed by atoms with Crippen LogP contribution in [0.3, 0.4) is 0 Å². The van der Waals surface area contributed by atoms with Gasteiger partial charge < -0.3 is 30.1 Å². The lowest BCUT2D eigenvalue weighted by atomic mass is 9.92. The summed E-state index contributed by atoms with van der Waals surface area (Å²) >= 11 is 0. The van der Waals surface area contributed by atoms with Gasteiger partial charge in [0.25, 0.3) is 11.6 Å². The number of nitro benzene ring substituents is 1. The molecule has 1 amide bonds. The number of aliphatic hydroxyl groups is 1. The lowest BCUT2D eigenvalue weighted by Gasteiger charge is -2.37. The van der Waals surface area contributed by atoms with Crippen LogP contribution in [0.4, 0.5) is 30.6 Å². The second-order valence-corrected chi connectivity index (χ2v) is 8.94. The van der Waals surface area contributed by atoms with Crippen molar-refractivity contribution in [3.8, 4) is 0 Å². The minimum atomic E-state index is -4.76. The van der Waals surface area contributed by atoms with Gasteiger partial charge in [0, 0.05) is 64.0 Å². The number of nitrogens with one attached hydrogen (secondary N) is 2. The smallest absolute Gasteiger partial charge is 0.395 e. The molecule has 1 aromatic carbocycles. The number of ether oxygens (including phenoxy) is 2. The van der Waals surface area contributed by atoms with Gasteiger partial charge >= 0.3 is 6.18 Å². The molecular formula is C25H33F3N6O6. The van der Waals surface area contributed by atoms with E-state index in [4.69, 9.17) is 14.6 Å². The molecule has 2 aliphatic heterocycles. The molecule has 4 rings (SSSR count). The molecule has 0 spiro atoms. The summed E-state index contributed by atoms with van der Waals surface area (Å²) < 4.78 is 50.9. The molecule has 0 unspecified atom stereocenters. The van der Waals surface area contributed by atoms with E-state index in [2.05, 4.69) is 20.6 Å². The van der Waals surface area contributed by atoms with Crippen molar-refractivity contribution in [3.05, 3.63) is 50.7 Å². The summed E-state index contributed by atoms with van der Waals surface area (Å²) in [5.41, 5.74) is -1.75. The fourth-order valence-electron chi connectivity index (χ4n) is 4.52. The number of amides is 1. The molecule has 1 fully saturated rings. The first-order valence-electron chi connectivity index (χ1n) is 12.8. The molecule has 0 atom stereocenters. The molecule has 0 aliphatic carbocycles. The minimum absolute atomic E-state index is 0.0234. The average Bonchev–Trinajstić information content (AvgIpc) is 3.39. The second kappa shape index (κ2) is 13.2. The fraction of sp³-hybridized carbons (Fsp3) is 0.560. The highest BCUT2D eigenvalue weighted by atomic mass is 19.4. The van der Waals surface area contributed by atoms with Crippen molar-refractivity contribution in [2.75, 3.05) is 44.1 Å². The highest BCUT2D eigenvalue weighted by Gasteiger charge is 2.45. The number of methoxy groups -OCH3 is 1. The van der Waals surface area contributed by atoms with Crippen LogP contribution in [-0.4, -0.2) is 69.9 Å². The number of benzene rings is 1. The minimum Gasteiger partial charge on any atom is -0.395 e. The Morgan fingerprint density at radius 2 is 1.90 bits per heavy atom. The summed E-state index contributed by atoms with van der Waals surface area (Å²) in [6, 6.07) is 2.36. The molecule has 220 valence electrons. The predicted octanol–water partition coefficient (Wildman–Crippen LogP) is 3.48. The normalized spacial score (nSPS) is 16.0. The molecule has 3 N–H and O–H groups in total. The number of fused-ring (bicyclic) bond motifs is 1. The van der Waals surface area contributed by atoms with Crippen molar-refractivity contribution in [1.29, 1.82) is 0 Å². The molecule has 0 bridgehead atoms. The first-order valence-corrected chi connectivity index (χ1v) is 12.8. The Bertz CT molecular complexity index is 1210. The lowest BCUT2D eigenvalue weighted by Crippen LogP contribution is -2.51. The summed E-state index contributed by atoms with van der Waals surface area (Å²) in [5, 5.41) is 26.2. The van der Waals surface area contributed by atoms with E-state index in [1.807, 2.05) is 13.8 Å². The quantitative estimate of drug-likeness (QED) is 0.302. The van der Waals surface area contributed by atoms with E-state index in [9.17, 15) is 28.1 Å². The van der Waals surface area contributed by atoms with Gasteiger partial charge in [0.2, 0.25) is 5.95 Å². The molecule has 0 radical (unpaired) electrons. The third-order valence-electron chi connectivity index (χ3n) is 6.52. The third-order valence-corrected chi connectivity index (χ3v) is 6.52. The standard InChI is InChI=1S/C23H27F3N6O6.C2H6/c1-37-22(2-6-38-7-3-22)20(34)31-12-17-18(13-31)29-21(27-4-5-33)30-19(17)28-11-14-8-15(23(24,25)26)10-16(9-14)32(35)36;1-2/h8-10,33H,2-7,11-13H2,1H3,(H2,27,28,29,30);1-2H3. The summed E-state index contributed by atoms with van der Waals surface area (Å²) in [4.78, 5) is 34.2. The van der Waals surface area contributed by atoms with E-state index in [1.165, 1.54) is 7.11 Å². The number of anilines is 2. The van der Waals surface area contributed by atoms with Gasteiger partial charge in [0.1, 0.15) is 5.82 Å². The molecule has 2 aromatic rings. The average molecular weight is 571 g/mol. The Morgan fingerprint density at radius 1 is 1.20 bits per heavy atom. The van der Waals surface area contributed by atoms with Crippen molar-refractivity contribution in [2.24, 2.45) is 0 Å². The first kappa shape index (κ1) is 31.0. The Hall–Kier alpha value is -3.56. The van der Waals surface area contributed by atoms with E-state index in [-0.39, 0.29) is 56.0 Å². The van der Waals surface area contributed by atoms with Crippen molar-refractivity contribution in [1.82, 2.24) is 14.9 Å². The zero-order valence-electron chi connectivity index (χ0n) is 22.5. The van der Waals surface area contributed by atoms with Crippen molar-refractivity contribution < 1.29 is 37.5 Å². The number of rotatable bonds is 9. The zero-order valence-corrected chi connectivity index (χ0v) is 22.5. The molecule has 15 heteroatoms. The zero-order chi connectivity index (χ0) is 29.5. The maximum atomic E-state index is 13.5. The summed E-state index contributed by atoms with van der Waals surface area (Å²) in [6.45, 7) is 4.79.